The van der Waals surface area contributed by atoms with Crippen molar-refractivity contribution in [2.24, 2.45) is 5.11 Å². The van der Waals surface area contributed by atoms with Crippen molar-refractivity contribution in [2.75, 3.05) is 20.8 Å². The number of methoxy groups -OCH3 is 2. The maximum Gasteiger partial charge on any atom is 0.159 e. The second-order valence-electron chi connectivity index (χ2n) is 2.78. The van der Waals surface area contributed by atoms with Crippen LogP contribution in [0.15, 0.2) is 5.11 Å². The molecule has 0 aliphatic carbocycles. The molecule has 0 N–H and O–H groups in total. The molecule has 6 heteroatoms. The van der Waals surface area contributed by atoms with Crippen molar-refractivity contribution in [3.63, 3.8) is 0 Å². The summed E-state index contributed by atoms with van der Waals surface area (Å²) < 4.78 is 15.4. The number of hydrogen-bond acceptors (Lipinski definition) is 4. The minimum Gasteiger partial charge on any atom is -0.381 e. The van der Waals surface area contributed by atoms with E-state index in [1.165, 1.54) is 0 Å². The third-order valence-corrected chi connectivity index (χ3v) is 2.07. The predicted octanol–water partition coefficient (Wildman–Crippen LogP) is 1.07. The van der Waals surface area contributed by atoms with Crippen LogP contribution in [-0.4, -0.2) is 39.3 Å². The maximum atomic E-state index is 8.27. The lowest BCUT2D eigenvalue weighted by Gasteiger charge is -2.31. The van der Waals surface area contributed by atoms with Gasteiger partial charge in [-0.1, -0.05) is 5.11 Å². The molecule has 0 aromatic carbocycles. The van der Waals surface area contributed by atoms with Gasteiger partial charge in [0.05, 0.1) is 18.8 Å². The first-order valence-electron chi connectivity index (χ1n) is 4.03. The zero-order valence-corrected chi connectivity index (χ0v) is 7.71. The summed E-state index contributed by atoms with van der Waals surface area (Å²) in [5.74, 6) is 0. The molecule has 0 bridgehead atoms. The summed E-state index contributed by atoms with van der Waals surface area (Å²) in [6.07, 6.45) is 0.223. The molecular weight excluding hydrogens is 174 g/mol. The molecule has 1 rings (SSSR count). The Morgan fingerprint density at radius 2 is 2.23 bits per heavy atom. The van der Waals surface area contributed by atoms with Crippen LogP contribution < -0.4 is 0 Å². The summed E-state index contributed by atoms with van der Waals surface area (Å²) in [6, 6.07) is -0.249. The van der Waals surface area contributed by atoms with E-state index >= 15 is 0 Å². The van der Waals surface area contributed by atoms with Gasteiger partial charge in [0.15, 0.2) is 6.29 Å². The highest BCUT2D eigenvalue weighted by atomic mass is 16.7. The maximum absolute atomic E-state index is 8.27. The molecule has 1 fully saturated rings. The van der Waals surface area contributed by atoms with Crippen LogP contribution >= 0.6 is 0 Å². The third kappa shape index (κ3) is 2.57. The Morgan fingerprint density at radius 1 is 1.46 bits per heavy atom. The second-order valence-corrected chi connectivity index (χ2v) is 2.78. The summed E-state index contributed by atoms with van der Waals surface area (Å²) in [4.78, 5) is 2.73. The van der Waals surface area contributed by atoms with E-state index in [0.29, 0.717) is 13.0 Å². The molecule has 74 valence electrons. The molecule has 0 unspecified atom stereocenters. The molecule has 6 nitrogen and oxygen atoms in total. The standard InChI is InChI=1S/C7H13N3O3/c1-11-6-3-7(12-2)13-4-5(6)9-10-8/h5-7H,3-4H2,1-2H3/t5-,6-,7+/m0/s1. The first kappa shape index (κ1) is 10.3. The summed E-state index contributed by atoms with van der Waals surface area (Å²) in [6.45, 7) is 0.348. The molecular formula is C7H13N3O3. The first-order chi connectivity index (χ1) is 6.31. The smallest absolute Gasteiger partial charge is 0.159 e. The number of ether oxygens (including phenoxy) is 3. The highest BCUT2D eigenvalue weighted by Gasteiger charge is 2.30. The van der Waals surface area contributed by atoms with Crippen molar-refractivity contribution >= 4 is 0 Å². The Morgan fingerprint density at radius 3 is 2.77 bits per heavy atom. The molecule has 0 saturated carbocycles. The molecule has 0 spiro atoms. The number of rotatable bonds is 3. The SMILES string of the molecule is CO[C@H]1C[C@H](OC)[C@@H](N=[N+]=[N-])CO1. The minimum absolute atomic E-state index is 0.116. The topological polar surface area (TPSA) is 76.5 Å². The average molecular weight is 187 g/mol. The van der Waals surface area contributed by atoms with Gasteiger partial charge in [0.1, 0.15) is 0 Å². The van der Waals surface area contributed by atoms with Gasteiger partial charge in [0.25, 0.3) is 0 Å². The molecule has 3 atom stereocenters. The van der Waals surface area contributed by atoms with Gasteiger partial charge in [-0.2, -0.15) is 0 Å². The van der Waals surface area contributed by atoms with Gasteiger partial charge in [0, 0.05) is 25.6 Å². The number of azide groups is 1. The zero-order valence-electron chi connectivity index (χ0n) is 7.71. The van der Waals surface area contributed by atoms with Gasteiger partial charge in [-0.25, -0.2) is 0 Å². The molecule has 0 aromatic rings. The Hall–Kier alpha value is -0.810. The molecule has 13 heavy (non-hydrogen) atoms. The Labute approximate surface area is 76.4 Å². The van der Waals surface area contributed by atoms with E-state index in [0.717, 1.165) is 0 Å². The molecule has 1 saturated heterocycles. The van der Waals surface area contributed by atoms with Gasteiger partial charge in [-0.3, -0.25) is 0 Å². The summed E-state index contributed by atoms with van der Waals surface area (Å²) >= 11 is 0. The van der Waals surface area contributed by atoms with Crippen LogP contribution in [0.5, 0.6) is 0 Å². The Balaban J connectivity index is 2.54. The number of hydrogen-bond donors (Lipinski definition) is 0. The van der Waals surface area contributed by atoms with Gasteiger partial charge < -0.3 is 14.2 Å². The predicted molar refractivity (Wildman–Crippen MR) is 45.1 cm³/mol. The van der Waals surface area contributed by atoms with Crippen molar-refractivity contribution in [1.29, 1.82) is 0 Å². The van der Waals surface area contributed by atoms with Crippen LogP contribution in [0.25, 0.3) is 10.4 Å². The number of nitrogens with zero attached hydrogens (tertiary/aromatic N) is 3. The lowest BCUT2D eigenvalue weighted by Crippen LogP contribution is -2.41. The largest absolute Gasteiger partial charge is 0.381 e. The molecule has 0 amide bonds. The van der Waals surface area contributed by atoms with E-state index in [4.69, 9.17) is 19.7 Å². The van der Waals surface area contributed by atoms with Crippen LogP contribution in [-0.2, 0) is 14.2 Å². The molecule has 1 aliphatic heterocycles. The van der Waals surface area contributed by atoms with E-state index in [1.54, 1.807) is 14.2 Å². The molecule has 0 radical (unpaired) electrons. The van der Waals surface area contributed by atoms with Crippen LogP contribution in [0.2, 0.25) is 0 Å². The molecule has 0 aromatic heterocycles. The lowest BCUT2D eigenvalue weighted by atomic mass is 10.1. The second kappa shape index (κ2) is 5.04. The van der Waals surface area contributed by atoms with E-state index in [9.17, 15) is 0 Å². The highest BCUT2D eigenvalue weighted by Crippen LogP contribution is 2.19. The van der Waals surface area contributed by atoms with Gasteiger partial charge in [-0.15, -0.1) is 0 Å². The normalized spacial score (nSPS) is 33.8. The fourth-order valence-corrected chi connectivity index (χ4v) is 1.32. The van der Waals surface area contributed by atoms with Crippen molar-refractivity contribution in [1.82, 2.24) is 0 Å². The first-order valence-corrected chi connectivity index (χ1v) is 4.03. The van der Waals surface area contributed by atoms with E-state index in [-0.39, 0.29) is 18.4 Å². The van der Waals surface area contributed by atoms with Gasteiger partial charge in [0.2, 0.25) is 0 Å². The van der Waals surface area contributed by atoms with Gasteiger partial charge in [-0.05, 0) is 5.53 Å². The molecule has 1 heterocycles. The van der Waals surface area contributed by atoms with E-state index in [1.807, 2.05) is 0 Å². The average Bonchev–Trinajstić information content (AvgIpc) is 2.19. The lowest BCUT2D eigenvalue weighted by molar-refractivity contribution is -0.181. The van der Waals surface area contributed by atoms with Crippen LogP contribution in [0, 0.1) is 0 Å². The van der Waals surface area contributed by atoms with E-state index < -0.39 is 0 Å². The van der Waals surface area contributed by atoms with Crippen LogP contribution in [0.3, 0.4) is 0 Å². The van der Waals surface area contributed by atoms with Crippen LogP contribution in [0.1, 0.15) is 6.42 Å². The fourth-order valence-electron chi connectivity index (χ4n) is 1.32. The summed E-state index contributed by atoms with van der Waals surface area (Å²) in [5, 5.41) is 3.58. The fraction of sp³-hybridized carbons (Fsp3) is 1.00. The zero-order chi connectivity index (χ0) is 9.68. The van der Waals surface area contributed by atoms with Crippen molar-refractivity contribution in [2.45, 2.75) is 24.9 Å². The Kier molecular flexibility index (Phi) is 3.98. The minimum atomic E-state index is -0.255. The third-order valence-electron chi connectivity index (χ3n) is 2.07. The van der Waals surface area contributed by atoms with Crippen molar-refractivity contribution < 1.29 is 14.2 Å². The van der Waals surface area contributed by atoms with Gasteiger partial charge >= 0.3 is 0 Å². The van der Waals surface area contributed by atoms with Crippen LogP contribution in [0.4, 0.5) is 0 Å². The summed E-state index contributed by atoms with van der Waals surface area (Å²) in [7, 11) is 3.16. The highest BCUT2D eigenvalue weighted by molar-refractivity contribution is 4.82. The quantitative estimate of drug-likeness (QED) is 0.376. The monoisotopic (exact) mass is 187 g/mol. The molecule has 1 aliphatic rings. The van der Waals surface area contributed by atoms with Crippen molar-refractivity contribution in [3.05, 3.63) is 10.4 Å². The Bertz CT molecular complexity index is 205. The van der Waals surface area contributed by atoms with Crippen molar-refractivity contribution in [3.8, 4) is 0 Å². The van der Waals surface area contributed by atoms with E-state index in [2.05, 4.69) is 10.0 Å². The summed E-state index contributed by atoms with van der Waals surface area (Å²) in [5.41, 5.74) is 8.27.